The molecule has 19 heavy (non-hydrogen) atoms. The maximum Gasteiger partial charge on any atom is 0.0451 e. The maximum absolute atomic E-state index is 8.89. The topological polar surface area (TPSA) is 58.3 Å². The second kappa shape index (κ2) is 7.63. The summed E-state index contributed by atoms with van der Waals surface area (Å²) in [5.74, 6) is 0. The lowest BCUT2D eigenvalue weighted by Crippen LogP contribution is -2.36. The third-order valence-corrected chi connectivity index (χ3v) is 3.60. The number of hydrogen-bond donors (Lipinski definition) is 3. The Balaban J connectivity index is 2.85. The van der Waals surface area contributed by atoms with Gasteiger partial charge in [0.05, 0.1) is 0 Å². The summed E-state index contributed by atoms with van der Waals surface area (Å²) in [6, 6.07) is 4.98. The number of hydrogen-bond acceptors (Lipinski definition) is 3. The predicted molar refractivity (Wildman–Crippen MR) is 81.4 cm³/mol. The van der Waals surface area contributed by atoms with Crippen molar-refractivity contribution in [2.45, 2.75) is 52.6 Å². The summed E-state index contributed by atoms with van der Waals surface area (Å²) in [6.45, 7) is 9.42. The van der Waals surface area contributed by atoms with Crippen LogP contribution in [0.4, 0.5) is 0 Å². The fourth-order valence-corrected chi connectivity index (χ4v) is 2.83. The van der Waals surface area contributed by atoms with E-state index in [0.29, 0.717) is 12.6 Å². The predicted octanol–water partition coefficient (Wildman–Crippen LogP) is 2.36. The van der Waals surface area contributed by atoms with E-state index in [4.69, 9.17) is 10.8 Å². The number of rotatable bonds is 7. The Morgan fingerprint density at radius 2 is 1.79 bits per heavy atom. The summed E-state index contributed by atoms with van der Waals surface area (Å²) in [6.07, 6.45) is 1.80. The normalized spacial score (nSPS) is 14.4. The highest BCUT2D eigenvalue weighted by Gasteiger charge is 2.17. The molecule has 0 saturated carbocycles. The van der Waals surface area contributed by atoms with Crippen molar-refractivity contribution in [1.82, 2.24) is 5.32 Å². The number of nitrogens with two attached hydrogens (primary N) is 1. The van der Waals surface area contributed by atoms with Crippen LogP contribution in [0.25, 0.3) is 0 Å². The largest absolute Gasteiger partial charge is 0.396 e. The van der Waals surface area contributed by atoms with E-state index in [2.05, 4.69) is 45.1 Å². The Kier molecular flexibility index (Phi) is 6.49. The number of aryl methyl sites for hydroxylation is 3. The van der Waals surface area contributed by atoms with Crippen LogP contribution >= 0.6 is 0 Å². The van der Waals surface area contributed by atoms with Crippen molar-refractivity contribution in [1.29, 1.82) is 0 Å². The van der Waals surface area contributed by atoms with Crippen LogP contribution in [0.1, 0.15) is 48.1 Å². The molecule has 3 nitrogen and oxygen atoms in total. The molecule has 0 aliphatic heterocycles. The van der Waals surface area contributed by atoms with E-state index < -0.39 is 0 Å². The Labute approximate surface area is 117 Å². The van der Waals surface area contributed by atoms with E-state index in [0.717, 1.165) is 12.8 Å². The zero-order chi connectivity index (χ0) is 14.4. The lowest BCUT2D eigenvalue weighted by Gasteiger charge is -2.26. The molecule has 0 spiro atoms. The molecule has 1 rings (SSSR count). The minimum absolute atomic E-state index is 0.189. The van der Waals surface area contributed by atoms with Gasteiger partial charge in [0.15, 0.2) is 0 Å². The molecule has 0 bridgehead atoms. The van der Waals surface area contributed by atoms with E-state index in [-0.39, 0.29) is 12.6 Å². The van der Waals surface area contributed by atoms with Gasteiger partial charge in [-0.2, -0.15) is 0 Å². The van der Waals surface area contributed by atoms with E-state index >= 15 is 0 Å². The van der Waals surface area contributed by atoms with Crippen molar-refractivity contribution in [3.63, 3.8) is 0 Å². The first-order valence-electron chi connectivity index (χ1n) is 7.14. The second-order valence-corrected chi connectivity index (χ2v) is 5.53. The van der Waals surface area contributed by atoms with E-state index in [1.807, 2.05) is 0 Å². The van der Waals surface area contributed by atoms with Crippen LogP contribution in [0, 0.1) is 20.8 Å². The number of benzene rings is 1. The van der Waals surface area contributed by atoms with Gasteiger partial charge in [0.25, 0.3) is 0 Å². The number of nitrogens with one attached hydrogen (secondary N) is 1. The second-order valence-electron chi connectivity index (χ2n) is 5.53. The molecule has 0 saturated heterocycles. The first-order valence-corrected chi connectivity index (χ1v) is 7.14. The van der Waals surface area contributed by atoms with E-state index in [9.17, 15) is 0 Å². The van der Waals surface area contributed by atoms with Crippen molar-refractivity contribution in [2.24, 2.45) is 5.73 Å². The fraction of sp³-hybridized carbons (Fsp3) is 0.625. The standard InChI is InChI=1S/C16H28N2O/c1-11-8-12(2)16(13(3)9-11)15(10-17)18-14(4)6-5-7-19/h8-9,14-15,18-19H,5-7,10,17H2,1-4H3. The maximum atomic E-state index is 8.89. The van der Waals surface area contributed by atoms with Crippen LogP contribution in [0.2, 0.25) is 0 Å². The summed E-state index contributed by atoms with van der Waals surface area (Å²) in [5, 5.41) is 12.5. The van der Waals surface area contributed by atoms with E-state index in [1.165, 1.54) is 22.3 Å². The molecular formula is C16H28N2O. The molecule has 3 heteroatoms. The molecule has 0 aliphatic rings. The van der Waals surface area contributed by atoms with Gasteiger partial charge < -0.3 is 16.2 Å². The highest BCUT2D eigenvalue weighted by atomic mass is 16.2. The summed E-state index contributed by atoms with van der Waals surface area (Å²) in [7, 11) is 0. The first kappa shape index (κ1) is 16.2. The summed E-state index contributed by atoms with van der Waals surface area (Å²) >= 11 is 0. The van der Waals surface area contributed by atoms with E-state index in [1.54, 1.807) is 0 Å². The molecule has 0 fully saturated rings. The minimum Gasteiger partial charge on any atom is -0.396 e. The van der Waals surface area contributed by atoms with Crippen LogP contribution < -0.4 is 11.1 Å². The fourth-order valence-electron chi connectivity index (χ4n) is 2.83. The summed E-state index contributed by atoms with van der Waals surface area (Å²) < 4.78 is 0. The molecule has 0 aliphatic carbocycles. The average molecular weight is 264 g/mol. The van der Waals surface area contributed by atoms with Gasteiger partial charge in [0, 0.05) is 25.2 Å². The Morgan fingerprint density at radius 3 is 2.26 bits per heavy atom. The number of aliphatic hydroxyl groups is 1. The monoisotopic (exact) mass is 264 g/mol. The van der Waals surface area contributed by atoms with Crippen LogP contribution in [-0.4, -0.2) is 24.3 Å². The van der Waals surface area contributed by atoms with Crippen molar-refractivity contribution < 1.29 is 5.11 Å². The summed E-state index contributed by atoms with van der Waals surface area (Å²) in [5.41, 5.74) is 11.2. The quantitative estimate of drug-likeness (QED) is 0.708. The Bertz CT molecular complexity index is 381. The third kappa shape index (κ3) is 4.60. The number of aliphatic hydroxyl groups excluding tert-OH is 1. The third-order valence-electron chi connectivity index (χ3n) is 3.60. The smallest absolute Gasteiger partial charge is 0.0451 e. The summed E-state index contributed by atoms with van der Waals surface area (Å²) in [4.78, 5) is 0. The van der Waals surface area contributed by atoms with Gasteiger partial charge in [0.1, 0.15) is 0 Å². The highest BCUT2D eigenvalue weighted by molar-refractivity contribution is 5.39. The van der Waals surface area contributed by atoms with Crippen molar-refractivity contribution in [2.75, 3.05) is 13.2 Å². The van der Waals surface area contributed by atoms with Crippen molar-refractivity contribution >= 4 is 0 Å². The molecule has 108 valence electrons. The highest BCUT2D eigenvalue weighted by Crippen LogP contribution is 2.23. The molecule has 0 aromatic heterocycles. The van der Waals surface area contributed by atoms with Gasteiger partial charge in [-0.25, -0.2) is 0 Å². The molecule has 4 N–H and O–H groups in total. The van der Waals surface area contributed by atoms with Gasteiger partial charge in [0.2, 0.25) is 0 Å². The molecule has 2 unspecified atom stereocenters. The molecule has 1 aromatic carbocycles. The molecule has 0 radical (unpaired) electrons. The molecule has 1 aromatic rings. The SMILES string of the molecule is Cc1cc(C)c(C(CN)NC(C)CCCO)c(C)c1. The lowest BCUT2D eigenvalue weighted by atomic mass is 9.93. The van der Waals surface area contributed by atoms with Gasteiger partial charge >= 0.3 is 0 Å². The van der Waals surface area contributed by atoms with Gasteiger partial charge in [-0.1, -0.05) is 17.7 Å². The Hall–Kier alpha value is -0.900. The van der Waals surface area contributed by atoms with Crippen molar-refractivity contribution in [3.8, 4) is 0 Å². The zero-order valence-corrected chi connectivity index (χ0v) is 12.7. The lowest BCUT2D eigenvalue weighted by molar-refractivity contribution is 0.274. The minimum atomic E-state index is 0.189. The van der Waals surface area contributed by atoms with Crippen LogP contribution in [0.5, 0.6) is 0 Å². The zero-order valence-electron chi connectivity index (χ0n) is 12.7. The van der Waals surface area contributed by atoms with Gasteiger partial charge in [-0.15, -0.1) is 0 Å². The Morgan fingerprint density at radius 1 is 1.21 bits per heavy atom. The average Bonchev–Trinajstić information content (AvgIpc) is 2.33. The van der Waals surface area contributed by atoms with Crippen molar-refractivity contribution in [3.05, 3.63) is 34.4 Å². The molecule has 0 heterocycles. The molecule has 2 atom stereocenters. The van der Waals surface area contributed by atoms with Crippen LogP contribution in [0.3, 0.4) is 0 Å². The van der Waals surface area contributed by atoms with Crippen LogP contribution in [-0.2, 0) is 0 Å². The molecule has 0 amide bonds. The van der Waals surface area contributed by atoms with Gasteiger partial charge in [-0.3, -0.25) is 0 Å². The van der Waals surface area contributed by atoms with Crippen LogP contribution in [0.15, 0.2) is 12.1 Å². The van der Waals surface area contributed by atoms with Gasteiger partial charge in [-0.05, 0) is 57.2 Å². The first-order chi connectivity index (χ1) is 8.99. The molecular weight excluding hydrogens is 236 g/mol.